The lowest BCUT2D eigenvalue weighted by atomic mass is 10.0. The third-order valence-electron chi connectivity index (χ3n) is 4.10. The Kier molecular flexibility index (Phi) is 5.56. The monoisotopic (exact) mass is 363 g/mol. The number of carbonyl (C=O) groups is 1. The summed E-state index contributed by atoms with van der Waals surface area (Å²) in [5.74, 6) is 0.837. The summed E-state index contributed by atoms with van der Waals surface area (Å²) >= 11 is 0. The van der Waals surface area contributed by atoms with Gasteiger partial charge in [0.1, 0.15) is 17.0 Å². The van der Waals surface area contributed by atoms with Gasteiger partial charge in [-0.2, -0.15) is 0 Å². The number of aromatic nitrogens is 1. The summed E-state index contributed by atoms with van der Waals surface area (Å²) < 4.78 is 10.6. The number of carbonyl (C=O) groups excluding carboxylic acids is 1. The largest absolute Gasteiger partial charge is 0.497 e. The number of methoxy groups -OCH3 is 1. The van der Waals surface area contributed by atoms with Gasteiger partial charge in [-0.1, -0.05) is 47.6 Å². The van der Waals surface area contributed by atoms with Gasteiger partial charge in [-0.25, -0.2) is 0 Å². The van der Waals surface area contributed by atoms with Gasteiger partial charge in [0, 0.05) is 30.8 Å². The van der Waals surface area contributed by atoms with Crippen molar-refractivity contribution in [3.8, 4) is 17.0 Å². The van der Waals surface area contributed by atoms with Crippen molar-refractivity contribution in [2.24, 2.45) is 5.73 Å². The van der Waals surface area contributed by atoms with E-state index < -0.39 is 0 Å². The Morgan fingerprint density at radius 3 is 2.52 bits per heavy atom. The molecule has 3 N–H and O–H groups in total. The average Bonchev–Trinajstić information content (AvgIpc) is 3.12. The van der Waals surface area contributed by atoms with Gasteiger partial charge >= 0.3 is 0 Å². The van der Waals surface area contributed by atoms with Crippen molar-refractivity contribution in [2.45, 2.75) is 6.42 Å². The van der Waals surface area contributed by atoms with Crippen LogP contribution in [-0.4, -0.2) is 25.2 Å². The molecule has 1 aromatic heterocycles. The summed E-state index contributed by atoms with van der Waals surface area (Å²) in [7, 11) is 3.19. The molecule has 0 aliphatic heterocycles. The van der Waals surface area contributed by atoms with E-state index in [1.54, 1.807) is 20.2 Å². The molecule has 0 spiro atoms. The molecule has 0 radical (unpaired) electrons. The maximum absolute atomic E-state index is 12.4. The molecule has 0 atom stereocenters. The van der Waals surface area contributed by atoms with E-state index in [-0.39, 0.29) is 5.91 Å². The van der Waals surface area contributed by atoms with Gasteiger partial charge in [0.2, 0.25) is 0 Å². The van der Waals surface area contributed by atoms with Crippen LogP contribution >= 0.6 is 0 Å². The van der Waals surface area contributed by atoms with E-state index in [0.717, 1.165) is 16.9 Å². The molecule has 0 fully saturated rings. The highest BCUT2D eigenvalue weighted by atomic mass is 16.5. The average molecular weight is 363 g/mol. The van der Waals surface area contributed by atoms with E-state index >= 15 is 0 Å². The van der Waals surface area contributed by atoms with E-state index in [9.17, 15) is 4.79 Å². The lowest BCUT2D eigenvalue weighted by Gasteiger charge is -2.05. The molecule has 6 heteroatoms. The second-order valence-electron chi connectivity index (χ2n) is 5.96. The van der Waals surface area contributed by atoms with Crippen LogP contribution in [0, 0.1) is 0 Å². The Labute approximate surface area is 157 Å². The summed E-state index contributed by atoms with van der Waals surface area (Å²) in [5.41, 5.74) is 9.40. The van der Waals surface area contributed by atoms with Gasteiger partial charge in [0.25, 0.3) is 5.91 Å². The van der Waals surface area contributed by atoms with Crippen LogP contribution in [0.4, 0.5) is 0 Å². The van der Waals surface area contributed by atoms with Crippen LogP contribution in [0.2, 0.25) is 0 Å². The molecule has 27 heavy (non-hydrogen) atoms. The second-order valence-corrected chi connectivity index (χ2v) is 5.96. The summed E-state index contributed by atoms with van der Waals surface area (Å²) in [5, 5.41) is 6.72. The molecule has 0 saturated heterocycles. The fourth-order valence-electron chi connectivity index (χ4n) is 2.74. The Morgan fingerprint density at radius 1 is 1.19 bits per heavy atom. The van der Waals surface area contributed by atoms with Gasteiger partial charge in [-0.3, -0.25) is 4.79 Å². The quantitative estimate of drug-likeness (QED) is 0.701. The predicted octanol–water partition coefficient (Wildman–Crippen LogP) is 3.25. The van der Waals surface area contributed by atoms with Gasteiger partial charge in [0.15, 0.2) is 5.76 Å². The summed E-state index contributed by atoms with van der Waals surface area (Å²) in [6.45, 7) is 0. The maximum atomic E-state index is 12.4. The Balaban J connectivity index is 1.92. The molecular weight excluding hydrogens is 342 g/mol. The van der Waals surface area contributed by atoms with Crippen molar-refractivity contribution in [2.75, 3.05) is 14.2 Å². The van der Waals surface area contributed by atoms with Crippen molar-refractivity contribution >= 4 is 12.0 Å². The molecule has 3 aromatic rings. The van der Waals surface area contributed by atoms with Crippen molar-refractivity contribution in [3.05, 3.63) is 77.2 Å². The minimum Gasteiger partial charge on any atom is -0.497 e. The fraction of sp³-hybridized carbons (Fsp3) is 0.143. The van der Waals surface area contributed by atoms with Crippen LogP contribution in [-0.2, 0) is 6.42 Å². The van der Waals surface area contributed by atoms with Crippen LogP contribution in [0.3, 0.4) is 0 Å². The highest BCUT2D eigenvalue weighted by molar-refractivity contribution is 6.02. The third kappa shape index (κ3) is 4.17. The predicted molar refractivity (Wildman–Crippen MR) is 104 cm³/mol. The minimum atomic E-state index is -0.279. The van der Waals surface area contributed by atoms with E-state index in [4.69, 9.17) is 15.0 Å². The number of rotatable bonds is 6. The first-order chi connectivity index (χ1) is 13.1. The number of allylic oxidation sites excluding steroid dienone is 1. The first kappa shape index (κ1) is 18.3. The summed E-state index contributed by atoms with van der Waals surface area (Å²) in [6, 6.07) is 17.0. The first-order valence-electron chi connectivity index (χ1n) is 8.48. The van der Waals surface area contributed by atoms with Crippen LogP contribution in [0.15, 0.2) is 64.8 Å². The Hall–Kier alpha value is -3.54. The Bertz CT molecular complexity index is 945. The molecule has 0 aliphatic rings. The van der Waals surface area contributed by atoms with Crippen LogP contribution < -0.4 is 15.8 Å². The smallest absolute Gasteiger partial charge is 0.257 e. The third-order valence-corrected chi connectivity index (χ3v) is 4.10. The minimum absolute atomic E-state index is 0.279. The number of benzene rings is 2. The van der Waals surface area contributed by atoms with Gasteiger partial charge < -0.3 is 20.3 Å². The molecule has 0 bridgehead atoms. The number of nitrogens with zero attached hydrogens (tertiary/aromatic N) is 1. The van der Waals surface area contributed by atoms with E-state index in [1.807, 2.05) is 54.6 Å². The first-order valence-corrected chi connectivity index (χ1v) is 8.48. The number of hydrogen-bond acceptors (Lipinski definition) is 5. The standard InChI is InChI=1S/C21H21N3O3/c1-23-21(25)19-18(27-24-20(19)15-6-4-3-5-7-15)13-16(22)12-14-8-10-17(26-2)11-9-14/h3-11,13H,12,22H2,1-2H3,(H,23,25). The van der Waals surface area contributed by atoms with Crippen molar-refractivity contribution in [1.82, 2.24) is 10.5 Å². The van der Waals surface area contributed by atoms with Crippen molar-refractivity contribution < 1.29 is 14.1 Å². The van der Waals surface area contributed by atoms with Gasteiger partial charge in [-0.05, 0) is 17.7 Å². The van der Waals surface area contributed by atoms with Crippen LogP contribution in [0.25, 0.3) is 17.3 Å². The lowest BCUT2D eigenvalue weighted by molar-refractivity contribution is 0.0963. The number of hydrogen-bond donors (Lipinski definition) is 2. The number of amides is 1. The van der Waals surface area contributed by atoms with Gasteiger partial charge in [-0.15, -0.1) is 0 Å². The zero-order valence-corrected chi connectivity index (χ0v) is 15.2. The number of nitrogens with one attached hydrogen (secondary N) is 1. The van der Waals surface area contributed by atoms with Crippen LogP contribution in [0.1, 0.15) is 21.7 Å². The summed E-state index contributed by atoms with van der Waals surface area (Å²) in [6.07, 6.45) is 2.16. The fourth-order valence-corrected chi connectivity index (χ4v) is 2.74. The van der Waals surface area contributed by atoms with Crippen molar-refractivity contribution in [3.63, 3.8) is 0 Å². The molecule has 6 nitrogen and oxygen atoms in total. The van der Waals surface area contributed by atoms with E-state index in [2.05, 4.69) is 10.5 Å². The molecule has 0 unspecified atom stereocenters. The molecule has 0 aliphatic carbocycles. The Morgan fingerprint density at radius 2 is 1.89 bits per heavy atom. The topological polar surface area (TPSA) is 90.4 Å². The molecule has 1 heterocycles. The normalized spacial score (nSPS) is 11.3. The summed E-state index contributed by atoms with van der Waals surface area (Å²) in [4.78, 5) is 12.4. The SMILES string of the molecule is CNC(=O)c1c(-c2ccccc2)noc1C=C(N)Cc1ccc(OC)cc1. The molecular formula is C21H21N3O3. The molecule has 0 saturated carbocycles. The molecule has 1 amide bonds. The van der Waals surface area contributed by atoms with Crippen molar-refractivity contribution in [1.29, 1.82) is 0 Å². The number of ether oxygens (including phenoxy) is 1. The van der Waals surface area contributed by atoms with Crippen LogP contribution in [0.5, 0.6) is 5.75 Å². The molecule has 2 aromatic carbocycles. The second kappa shape index (κ2) is 8.23. The van der Waals surface area contributed by atoms with E-state index in [1.165, 1.54) is 0 Å². The molecule has 3 rings (SSSR count). The maximum Gasteiger partial charge on any atom is 0.257 e. The lowest BCUT2D eigenvalue weighted by Crippen LogP contribution is -2.19. The highest BCUT2D eigenvalue weighted by Crippen LogP contribution is 2.27. The molecule has 138 valence electrons. The zero-order chi connectivity index (χ0) is 19.2. The zero-order valence-electron chi connectivity index (χ0n) is 15.2. The van der Waals surface area contributed by atoms with E-state index in [0.29, 0.717) is 29.1 Å². The number of nitrogens with two attached hydrogens (primary N) is 1. The van der Waals surface area contributed by atoms with Gasteiger partial charge in [0.05, 0.1) is 7.11 Å². The highest BCUT2D eigenvalue weighted by Gasteiger charge is 2.22.